The first-order valence-electron chi connectivity index (χ1n) is 8.83. The van der Waals surface area contributed by atoms with Crippen LogP contribution in [0.5, 0.6) is 0 Å². The molecule has 7 heteroatoms. The summed E-state index contributed by atoms with van der Waals surface area (Å²) in [7, 11) is 0. The van der Waals surface area contributed by atoms with Crippen LogP contribution in [0.3, 0.4) is 0 Å². The van der Waals surface area contributed by atoms with Crippen molar-refractivity contribution in [1.82, 2.24) is 5.32 Å². The first-order chi connectivity index (χ1) is 13.4. The van der Waals surface area contributed by atoms with E-state index in [1.165, 1.54) is 0 Å². The number of ether oxygens (including phenoxy) is 1. The van der Waals surface area contributed by atoms with Gasteiger partial charge in [0.15, 0.2) is 0 Å². The molecule has 0 aliphatic carbocycles. The molecular formula is C21H23N3O4. The minimum absolute atomic E-state index is 0.151. The van der Waals surface area contributed by atoms with Gasteiger partial charge in [-0.2, -0.15) is 0 Å². The van der Waals surface area contributed by atoms with Crippen LogP contribution in [0.1, 0.15) is 35.7 Å². The Morgan fingerprint density at radius 2 is 2.00 bits per heavy atom. The van der Waals surface area contributed by atoms with Crippen molar-refractivity contribution in [1.29, 1.82) is 0 Å². The van der Waals surface area contributed by atoms with E-state index in [2.05, 4.69) is 16.9 Å². The fraction of sp³-hybridized carbons (Fsp3) is 0.238. The molecule has 1 heterocycles. The fourth-order valence-electron chi connectivity index (χ4n) is 2.66. The molecule has 0 bridgehead atoms. The zero-order valence-corrected chi connectivity index (χ0v) is 15.7. The average Bonchev–Trinajstić information content (AvgIpc) is 2.68. The van der Waals surface area contributed by atoms with E-state index in [9.17, 15) is 14.4 Å². The minimum atomic E-state index is -1.09. The summed E-state index contributed by atoms with van der Waals surface area (Å²) in [5.41, 5.74) is 6.58. The lowest BCUT2D eigenvalue weighted by Crippen LogP contribution is -2.46. The number of fused-ring (bicyclic) bond motifs is 1. The highest BCUT2D eigenvalue weighted by Crippen LogP contribution is 2.14. The van der Waals surface area contributed by atoms with Crippen LogP contribution < -0.4 is 11.1 Å². The number of primary amides is 1. The molecular weight excluding hydrogens is 358 g/mol. The van der Waals surface area contributed by atoms with Gasteiger partial charge >= 0.3 is 0 Å². The van der Waals surface area contributed by atoms with Gasteiger partial charge in [0.05, 0.1) is 6.61 Å². The van der Waals surface area contributed by atoms with E-state index < -0.39 is 23.6 Å². The van der Waals surface area contributed by atoms with Gasteiger partial charge in [-0.1, -0.05) is 43.0 Å². The van der Waals surface area contributed by atoms with Crippen LogP contribution >= 0.6 is 0 Å². The second-order valence-corrected chi connectivity index (χ2v) is 6.08. The Bertz CT molecular complexity index is 868. The van der Waals surface area contributed by atoms with E-state index in [1.807, 2.05) is 0 Å². The van der Waals surface area contributed by atoms with Crippen molar-refractivity contribution in [2.24, 2.45) is 10.7 Å². The standard InChI is InChI=1S/C21H23N3O4/c1-3-9-18-23-14(2)15-10-6-7-11-16(15)21(27)24-17(19(25)20(22)26)12-5-4-8-13-28-18/h3-7,9-11,17H,1,8,12-13H2,2H3,(H2,22,26)(H,24,27)/b5-4-,18-9+,23-14+/t17-/m0/s1. The zero-order valence-electron chi connectivity index (χ0n) is 15.7. The third-order valence-electron chi connectivity index (χ3n) is 4.04. The lowest BCUT2D eigenvalue weighted by Gasteiger charge is -2.17. The van der Waals surface area contributed by atoms with Gasteiger partial charge in [0, 0.05) is 16.8 Å². The summed E-state index contributed by atoms with van der Waals surface area (Å²) in [6.45, 7) is 5.78. The Balaban J connectivity index is 2.48. The molecule has 28 heavy (non-hydrogen) atoms. The van der Waals surface area contributed by atoms with Gasteiger partial charge in [-0.15, -0.1) is 0 Å². The maximum Gasteiger partial charge on any atom is 0.287 e. The van der Waals surface area contributed by atoms with Crippen molar-refractivity contribution >= 4 is 23.3 Å². The Morgan fingerprint density at radius 3 is 2.68 bits per heavy atom. The quantitative estimate of drug-likeness (QED) is 0.616. The molecule has 0 spiro atoms. The van der Waals surface area contributed by atoms with Crippen LogP contribution in [-0.2, 0) is 14.3 Å². The van der Waals surface area contributed by atoms with Gasteiger partial charge in [0.25, 0.3) is 11.8 Å². The summed E-state index contributed by atoms with van der Waals surface area (Å²) in [5.74, 6) is -2.05. The summed E-state index contributed by atoms with van der Waals surface area (Å²) in [5, 5.41) is 2.61. The number of ketones is 1. The third kappa shape index (κ3) is 5.51. The second-order valence-electron chi connectivity index (χ2n) is 6.08. The van der Waals surface area contributed by atoms with Crippen molar-refractivity contribution < 1.29 is 19.1 Å². The van der Waals surface area contributed by atoms with Crippen LogP contribution in [0.4, 0.5) is 0 Å². The van der Waals surface area contributed by atoms with Crippen molar-refractivity contribution in [3.8, 4) is 0 Å². The lowest BCUT2D eigenvalue weighted by atomic mass is 10.0. The highest BCUT2D eigenvalue weighted by molar-refractivity contribution is 6.38. The van der Waals surface area contributed by atoms with Crippen LogP contribution in [0.15, 0.2) is 66.0 Å². The van der Waals surface area contributed by atoms with Gasteiger partial charge in [0.2, 0.25) is 11.7 Å². The third-order valence-corrected chi connectivity index (χ3v) is 4.04. The summed E-state index contributed by atoms with van der Waals surface area (Å²) in [4.78, 5) is 40.7. The molecule has 7 nitrogen and oxygen atoms in total. The monoisotopic (exact) mass is 381 g/mol. The van der Waals surface area contributed by atoms with Crippen LogP contribution in [0, 0.1) is 0 Å². The maximum absolute atomic E-state index is 12.8. The zero-order chi connectivity index (χ0) is 20.5. The number of Topliss-reactive ketones (excluding diaryl/α,β-unsaturated/α-hetero) is 1. The molecule has 1 atom stereocenters. The normalized spacial score (nSPS) is 22.5. The first kappa shape index (κ1) is 20.8. The number of benzene rings is 1. The molecule has 146 valence electrons. The second kappa shape index (κ2) is 10.0. The first-order valence-corrected chi connectivity index (χ1v) is 8.83. The van der Waals surface area contributed by atoms with Crippen LogP contribution in [0.25, 0.3) is 0 Å². The van der Waals surface area contributed by atoms with Crippen LogP contribution in [0.2, 0.25) is 0 Å². The van der Waals surface area contributed by atoms with E-state index in [-0.39, 0.29) is 6.42 Å². The molecule has 0 radical (unpaired) electrons. The number of carbonyl (C=O) groups excluding carboxylic acids is 3. The number of rotatable bonds is 3. The Kier molecular flexibility index (Phi) is 7.45. The number of amides is 2. The molecule has 1 aromatic rings. The van der Waals surface area contributed by atoms with Crippen molar-refractivity contribution in [2.75, 3.05) is 6.61 Å². The van der Waals surface area contributed by atoms with Gasteiger partial charge in [0.1, 0.15) is 6.04 Å². The summed E-state index contributed by atoms with van der Waals surface area (Å²) >= 11 is 0. The van der Waals surface area contributed by atoms with E-state index in [0.29, 0.717) is 35.7 Å². The fourth-order valence-corrected chi connectivity index (χ4v) is 2.66. The molecule has 2 rings (SSSR count). The topological polar surface area (TPSA) is 111 Å². The predicted molar refractivity (Wildman–Crippen MR) is 107 cm³/mol. The lowest BCUT2D eigenvalue weighted by molar-refractivity contribution is -0.137. The molecule has 0 fully saturated rings. The van der Waals surface area contributed by atoms with Gasteiger partial charge in [-0.3, -0.25) is 14.4 Å². The SMILES string of the molecule is C=C/C=C1\N=C(/C)c2ccccc2C(=O)N[C@H](C(=O)C(N)=O)C/C=C\CCO1. The number of hydrogen-bond donors (Lipinski definition) is 2. The number of aliphatic imine (C=N–C) groups is 1. The highest BCUT2D eigenvalue weighted by atomic mass is 16.5. The smallest absolute Gasteiger partial charge is 0.287 e. The highest BCUT2D eigenvalue weighted by Gasteiger charge is 2.25. The number of nitrogens with two attached hydrogens (primary N) is 1. The van der Waals surface area contributed by atoms with Crippen molar-refractivity contribution in [3.05, 3.63) is 72.2 Å². The molecule has 1 aliphatic heterocycles. The number of nitrogens with one attached hydrogen (secondary N) is 1. The van der Waals surface area contributed by atoms with E-state index in [1.54, 1.807) is 55.5 Å². The molecule has 0 saturated carbocycles. The molecule has 0 unspecified atom stereocenters. The Labute approximate surface area is 163 Å². The summed E-state index contributed by atoms with van der Waals surface area (Å²) in [6.07, 6.45) is 7.43. The Morgan fingerprint density at radius 1 is 1.29 bits per heavy atom. The maximum atomic E-state index is 12.8. The van der Waals surface area contributed by atoms with E-state index in [4.69, 9.17) is 10.5 Å². The minimum Gasteiger partial charge on any atom is -0.477 e. The molecule has 1 aromatic carbocycles. The van der Waals surface area contributed by atoms with Crippen molar-refractivity contribution in [2.45, 2.75) is 25.8 Å². The van der Waals surface area contributed by atoms with E-state index >= 15 is 0 Å². The largest absolute Gasteiger partial charge is 0.477 e. The predicted octanol–water partition coefficient (Wildman–Crippen LogP) is 2.04. The van der Waals surface area contributed by atoms with Gasteiger partial charge < -0.3 is 15.8 Å². The average molecular weight is 381 g/mol. The van der Waals surface area contributed by atoms with E-state index in [0.717, 1.165) is 0 Å². The molecule has 3 N–H and O–H groups in total. The van der Waals surface area contributed by atoms with Gasteiger partial charge in [-0.25, -0.2) is 4.99 Å². The number of hydrogen-bond acceptors (Lipinski definition) is 5. The number of nitrogens with zero attached hydrogens (tertiary/aromatic N) is 1. The molecule has 2 amide bonds. The molecule has 0 saturated heterocycles. The van der Waals surface area contributed by atoms with Gasteiger partial charge in [-0.05, 0) is 31.9 Å². The number of allylic oxidation sites excluding steroid dienone is 2. The number of carbonyl (C=O) groups is 3. The van der Waals surface area contributed by atoms with Crippen molar-refractivity contribution in [3.63, 3.8) is 0 Å². The molecule has 0 aromatic heterocycles. The summed E-state index contributed by atoms with van der Waals surface area (Å²) < 4.78 is 5.66. The Hall–Kier alpha value is -3.48. The molecule has 1 aliphatic rings. The van der Waals surface area contributed by atoms with Crippen LogP contribution in [-0.4, -0.2) is 36.0 Å². The summed E-state index contributed by atoms with van der Waals surface area (Å²) in [6, 6.07) is 5.81.